The van der Waals surface area contributed by atoms with Crippen molar-refractivity contribution in [3.05, 3.63) is 66.1 Å². The molecule has 0 radical (unpaired) electrons. The third kappa shape index (κ3) is 3.52. The summed E-state index contributed by atoms with van der Waals surface area (Å²) >= 11 is 0. The quantitative estimate of drug-likeness (QED) is 0.734. The lowest BCUT2D eigenvalue weighted by Crippen LogP contribution is -2.36. The molecule has 0 spiro atoms. The van der Waals surface area contributed by atoms with E-state index in [4.69, 9.17) is 0 Å². The molecule has 1 unspecified atom stereocenters. The number of hydrogen-bond donors (Lipinski definition) is 0. The molecule has 1 atom stereocenters. The number of piperidine rings is 1. The number of anilines is 1. The van der Waals surface area contributed by atoms with Gasteiger partial charge in [-0.25, -0.2) is 4.98 Å². The summed E-state index contributed by atoms with van der Waals surface area (Å²) in [5.74, 6) is 2.49. The van der Waals surface area contributed by atoms with Crippen molar-refractivity contribution in [2.24, 2.45) is 0 Å². The average molecular weight is 334 g/mol. The molecule has 128 valence electrons. The van der Waals surface area contributed by atoms with Crippen LogP contribution in [0, 0.1) is 6.92 Å². The van der Waals surface area contributed by atoms with Crippen molar-refractivity contribution in [2.75, 3.05) is 18.0 Å². The molecular weight excluding hydrogens is 312 g/mol. The van der Waals surface area contributed by atoms with Crippen molar-refractivity contribution < 1.29 is 0 Å². The maximum absolute atomic E-state index is 4.65. The second-order valence-electron chi connectivity index (χ2n) is 6.55. The molecule has 0 saturated carbocycles. The molecule has 1 fully saturated rings. The topological polar surface area (TPSA) is 59.7 Å². The molecule has 6 heteroatoms. The van der Waals surface area contributed by atoms with Crippen LogP contribution in [0.15, 0.2) is 48.9 Å². The van der Waals surface area contributed by atoms with Crippen molar-refractivity contribution in [1.29, 1.82) is 0 Å². The Morgan fingerprint density at radius 1 is 1.08 bits per heavy atom. The van der Waals surface area contributed by atoms with Gasteiger partial charge >= 0.3 is 0 Å². The third-order valence-corrected chi connectivity index (χ3v) is 4.70. The van der Waals surface area contributed by atoms with Crippen LogP contribution in [0.25, 0.3) is 0 Å². The van der Waals surface area contributed by atoms with Gasteiger partial charge in [-0.05, 0) is 44.0 Å². The van der Waals surface area contributed by atoms with Gasteiger partial charge in [0.05, 0.1) is 17.9 Å². The largest absolute Gasteiger partial charge is 0.354 e. The van der Waals surface area contributed by atoms with Crippen LogP contribution in [0.4, 0.5) is 5.82 Å². The SMILES string of the molecule is Cc1ccc(N2CCCC(c3nccn3Cc3ccccn3)C2)nn1. The highest BCUT2D eigenvalue weighted by Crippen LogP contribution is 2.28. The van der Waals surface area contributed by atoms with Gasteiger partial charge in [-0.1, -0.05) is 6.07 Å². The van der Waals surface area contributed by atoms with Crippen LogP contribution in [0.3, 0.4) is 0 Å². The second kappa shape index (κ2) is 7.01. The van der Waals surface area contributed by atoms with Gasteiger partial charge < -0.3 is 9.47 Å². The van der Waals surface area contributed by atoms with Gasteiger partial charge in [-0.15, -0.1) is 5.10 Å². The normalized spacial score (nSPS) is 17.6. The van der Waals surface area contributed by atoms with E-state index in [0.717, 1.165) is 55.5 Å². The average Bonchev–Trinajstić information content (AvgIpc) is 3.11. The summed E-state index contributed by atoms with van der Waals surface area (Å²) in [4.78, 5) is 11.4. The number of imidazole rings is 1. The van der Waals surface area contributed by atoms with Crippen molar-refractivity contribution in [1.82, 2.24) is 24.7 Å². The van der Waals surface area contributed by atoms with E-state index < -0.39 is 0 Å². The van der Waals surface area contributed by atoms with E-state index in [2.05, 4.69) is 48.0 Å². The molecule has 0 aromatic carbocycles. The van der Waals surface area contributed by atoms with Gasteiger partial charge in [0.2, 0.25) is 0 Å². The molecule has 0 amide bonds. The highest BCUT2D eigenvalue weighted by Gasteiger charge is 2.25. The monoisotopic (exact) mass is 334 g/mol. The standard InChI is InChI=1S/C19H22N6/c1-15-7-8-18(23-22-15)24-11-4-5-16(13-24)19-21-10-12-25(19)14-17-6-2-3-9-20-17/h2-3,6-10,12,16H,4-5,11,13-14H2,1H3. The van der Waals surface area contributed by atoms with E-state index in [1.807, 2.05) is 37.5 Å². The molecule has 0 N–H and O–H groups in total. The second-order valence-corrected chi connectivity index (χ2v) is 6.55. The fourth-order valence-corrected chi connectivity index (χ4v) is 3.44. The van der Waals surface area contributed by atoms with E-state index in [9.17, 15) is 0 Å². The summed E-state index contributed by atoms with van der Waals surface area (Å²) in [6.07, 6.45) is 8.06. The van der Waals surface area contributed by atoms with Crippen molar-refractivity contribution in [3.8, 4) is 0 Å². The Bertz CT molecular complexity index is 811. The Kier molecular flexibility index (Phi) is 4.41. The van der Waals surface area contributed by atoms with Crippen molar-refractivity contribution in [3.63, 3.8) is 0 Å². The zero-order chi connectivity index (χ0) is 17.1. The number of rotatable bonds is 4. The zero-order valence-corrected chi connectivity index (χ0v) is 14.4. The molecule has 4 rings (SSSR count). The Morgan fingerprint density at radius 2 is 2.04 bits per heavy atom. The van der Waals surface area contributed by atoms with Crippen LogP contribution in [-0.2, 0) is 6.54 Å². The Hall–Kier alpha value is -2.76. The van der Waals surface area contributed by atoms with Crippen LogP contribution in [-0.4, -0.2) is 37.8 Å². The summed E-state index contributed by atoms with van der Waals surface area (Å²) in [6, 6.07) is 10.1. The van der Waals surface area contributed by atoms with Gasteiger partial charge in [0.25, 0.3) is 0 Å². The highest BCUT2D eigenvalue weighted by molar-refractivity contribution is 5.38. The summed E-state index contributed by atoms with van der Waals surface area (Å²) in [5.41, 5.74) is 2.00. The number of hydrogen-bond acceptors (Lipinski definition) is 5. The minimum absolute atomic E-state index is 0.399. The molecule has 25 heavy (non-hydrogen) atoms. The van der Waals surface area contributed by atoms with E-state index in [1.165, 1.54) is 0 Å². The first-order chi connectivity index (χ1) is 12.3. The van der Waals surface area contributed by atoms with Gasteiger partial charge in [-0.2, -0.15) is 5.10 Å². The lowest BCUT2D eigenvalue weighted by atomic mass is 9.97. The van der Waals surface area contributed by atoms with Crippen LogP contribution in [0.2, 0.25) is 0 Å². The number of aryl methyl sites for hydroxylation is 1. The highest BCUT2D eigenvalue weighted by atomic mass is 15.3. The smallest absolute Gasteiger partial charge is 0.151 e. The van der Waals surface area contributed by atoms with Crippen LogP contribution in [0.5, 0.6) is 0 Å². The van der Waals surface area contributed by atoms with Crippen LogP contribution >= 0.6 is 0 Å². The minimum atomic E-state index is 0.399. The number of aromatic nitrogens is 5. The summed E-state index contributed by atoms with van der Waals surface area (Å²) in [6.45, 7) is 4.67. The van der Waals surface area contributed by atoms with Gasteiger partial charge in [-0.3, -0.25) is 4.98 Å². The van der Waals surface area contributed by atoms with Crippen LogP contribution < -0.4 is 4.90 Å². The molecule has 3 aromatic rings. The summed E-state index contributed by atoms with van der Waals surface area (Å²) < 4.78 is 2.22. The predicted octanol–water partition coefficient (Wildman–Crippen LogP) is 2.81. The molecule has 0 aliphatic carbocycles. The molecule has 1 aliphatic heterocycles. The Labute approximate surface area is 147 Å². The zero-order valence-electron chi connectivity index (χ0n) is 14.4. The predicted molar refractivity (Wildman–Crippen MR) is 96.5 cm³/mol. The summed E-state index contributed by atoms with van der Waals surface area (Å²) in [7, 11) is 0. The molecule has 1 aliphatic rings. The van der Waals surface area contributed by atoms with Crippen molar-refractivity contribution in [2.45, 2.75) is 32.2 Å². The van der Waals surface area contributed by atoms with Crippen molar-refractivity contribution >= 4 is 5.82 Å². The van der Waals surface area contributed by atoms with Gasteiger partial charge in [0.15, 0.2) is 5.82 Å². The molecule has 0 bridgehead atoms. The number of nitrogens with zero attached hydrogens (tertiary/aromatic N) is 6. The maximum atomic E-state index is 4.65. The Balaban J connectivity index is 1.52. The van der Waals surface area contributed by atoms with E-state index >= 15 is 0 Å². The minimum Gasteiger partial charge on any atom is -0.354 e. The molecule has 4 heterocycles. The van der Waals surface area contributed by atoms with Crippen LogP contribution in [0.1, 0.15) is 36.0 Å². The van der Waals surface area contributed by atoms with Gasteiger partial charge in [0, 0.05) is 37.6 Å². The fourth-order valence-electron chi connectivity index (χ4n) is 3.44. The fraction of sp³-hybridized carbons (Fsp3) is 0.368. The first kappa shape index (κ1) is 15.7. The first-order valence-electron chi connectivity index (χ1n) is 8.76. The molecule has 3 aromatic heterocycles. The van der Waals surface area contributed by atoms with E-state index in [-0.39, 0.29) is 0 Å². The molecule has 1 saturated heterocycles. The lowest BCUT2D eigenvalue weighted by Gasteiger charge is -2.33. The molecule has 6 nitrogen and oxygen atoms in total. The van der Waals surface area contributed by atoms with E-state index in [0.29, 0.717) is 5.92 Å². The lowest BCUT2D eigenvalue weighted by molar-refractivity contribution is 0.472. The maximum Gasteiger partial charge on any atom is 0.151 e. The number of pyridine rings is 1. The summed E-state index contributed by atoms with van der Waals surface area (Å²) in [5, 5.41) is 8.54. The third-order valence-electron chi connectivity index (χ3n) is 4.70. The Morgan fingerprint density at radius 3 is 2.84 bits per heavy atom. The van der Waals surface area contributed by atoms with E-state index in [1.54, 1.807) is 0 Å². The first-order valence-corrected chi connectivity index (χ1v) is 8.76. The van der Waals surface area contributed by atoms with Gasteiger partial charge in [0.1, 0.15) is 5.82 Å². The molecular formula is C19H22N6.